The van der Waals surface area contributed by atoms with Crippen LogP contribution in [0.4, 0.5) is 0 Å². The van der Waals surface area contributed by atoms with Crippen LogP contribution < -0.4 is 5.32 Å². The molecule has 0 radical (unpaired) electrons. The number of hydrogen-bond acceptors (Lipinski definition) is 3. The first-order chi connectivity index (χ1) is 14.8. The molecule has 4 heteroatoms. The molecule has 3 aromatic heterocycles. The molecule has 0 saturated heterocycles. The van der Waals surface area contributed by atoms with Crippen LogP contribution in [-0.2, 0) is 6.54 Å². The summed E-state index contributed by atoms with van der Waals surface area (Å²) in [5.74, 6) is 0. The van der Waals surface area contributed by atoms with Gasteiger partial charge in [0.25, 0.3) is 0 Å². The molecule has 0 bridgehead atoms. The Balaban J connectivity index is 1.53. The highest BCUT2D eigenvalue weighted by Gasteiger charge is 2.09. The van der Waals surface area contributed by atoms with Crippen molar-refractivity contribution >= 4 is 5.65 Å². The van der Waals surface area contributed by atoms with E-state index in [2.05, 4.69) is 80.5 Å². The molecule has 0 aliphatic heterocycles. The van der Waals surface area contributed by atoms with Crippen LogP contribution >= 0.6 is 0 Å². The highest BCUT2D eigenvalue weighted by Crippen LogP contribution is 2.27. The quantitative estimate of drug-likeness (QED) is 0.434. The Hall–Kier alpha value is -3.76. The molecule has 146 valence electrons. The normalized spacial score (nSPS) is 11.1. The third-order valence-corrected chi connectivity index (χ3v) is 5.28. The van der Waals surface area contributed by atoms with E-state index in [1.807, 2.05) is 43.7 Å². The predicted octanol–water partition coefficient (Wildman–Crippen LogP) is 5.45. The molecule has 0 spiro atoms. The molecule has 0 unspecified atom stereocenters. The minimum Gasteiger partial charge on any atom is -0.316 e. The standard InChI is InChI=1S/C26H22N4/c1-27-17-19-6-5-9-21(14-19)22-11-13-30-25(18-29-26(30)16-22)23-10-12-28-24(15-23)20-7-3-2-4-8-20/h2-16,18,27H,17H2,1H3. The van der Waals surface area contributed by atoms with Crippen LogP contribution in [0.3, 0.4) is 0 Å². The Kier molecular flexibility index (Phi) is 4.83. The molecule has 5 aromatic rings. The van der Waals surface area contributed by atoms with Gasteiger partial charge >= 0.3 is 0 Å². The average molecular weight is 390 g/mol. The Morgan fingerprint density at radius 1 is 0.767 bits per heavy atom. The fraction of sp³-hybridized carbons (Fsp3) is 0.0769. The van der Waals surface area contributed by atoms with Crippen LogP contribution in [-0.4, -0.2) is 21.4 Å². The number of aromatic nitrogens is 3. The lowest BCUT2D eigenvalue weighted by Crippen LogP contribution is -2.04. The largest absolute Gasteiger partial charge is 0.316 e. The van der Waals surface area contributed by atoms with E-state index in [0.29, 0.717) is 0 Å². The molecule has 0 fully saturated rings. The number of hydrogen-bond donors (Lipinski definition) is 1. The molecule has 0 amide bonds. The first kappa shape index (κ1) is 18.3. The third-order valence-electron chi connectivity index (χ3n) is 5.28. The summed E-state index contributed by atoms with van der Waals surface area (Å²) >= 11 is 0. The van der Waals surface area contributed by atoms with E-state index >= 15 is 0 Å². The van der Waals surface area contributed by atoms with Crippen molar-refractivity contribution < 1.29 is 0 Å². The second-order valence-corrected chi connectivity index (χ2v) is 7.31. The zero-order valence-electron chi connectivity index (χ0n) is 16.8. The van der Waals surface area contributed by atoms with Crippen molar-refractivity contribution in [2.75, 3.05) is 7.05 Å². The predicted molar refractivity (Wildman–Crippen MR) is 122 cm³/mol. The second kappa shape index (κ2) is 7.93. The maximum atomic E-state index is 4.67. The maximum Gasteiger partial charge on any atom is 0.137 e. The fourth-order valence-corrected chi connectivity index (χ4v) is 3.80. The van der Waals surface area contributed by atoms with E-state index in [1.165, 1.54) is 11.1 Å². The van der Waals surface area contributed by atoms with Crippen LogP contribution in [0.25, 0.3) is 39.3 Å². The van der Waals surface area contributed by atoms with E-state index in [0.717, 1.165) is 40.3 Å². The minimum absolute atomic E-state index is 0.857. The average Bonchev–Trinajstić information content (AvgIpc) is 3.24. The lowest BCUT2D eigenvalue weighted by molar-refractivity contribution is 0.818. The highest BCUT2D eigenvalue weighted by atomic mass is 15.0. The van der Waals surface area contributed by atoms with Gasteiger partial charge in [-0.1, -0.05) is 48.5 Å². The summed E-state index contributed by atoms with van der Waals surface area (Å²) in [7, 11) is 1.97. The number of rotatable bonds is 5. The number of pyridine rings is 2. The van der Waals surface area contributed by atoms with Gasteiger partial charge in [0.15, 0.2) is 0 Å². The summed E-state index contributed by atoms with van der Waals surface area (Å²) in [5, 5.41) is 3.21. The van der Waals surface area contributed by atoms with Gasteiger partial charge in [0.05, 0.1) is 17.6 Å². The van der Waals surface area contributed by atoms with Crippen molar-refractivity contribution in [3.8, 4) is 33.6 Å². The molecule has 0 atom stereocenters. The molecule has 0 aliphatic rings. The van der Waals surface area contributed by atoms with E-state index in [4.69, 9.17) is 0 Å². The SMILES string of the molecule is CNCc1cccc(-c2ccn3c(-c4ccnc(-c5ccccc5)c4)cnc3c2)c1. The molecule has 1 N–H and O–H groups in total. The van der Waals surface area contributed by atoms with Crippen LogP contribution in [0.2, 0.25) is 0 Å². The molecule has 5 rings (SSSR count). The van der Waals surface area contributed by atoms with Gasteiger partial charge in [0, 0.05) is 30.1 Å². The van der Waals surface area contributed by atoms with E-state index in [9.17, 15) is 0 Å². The third kappa shape index (κ3) is 3.49. The maximum absolute atomic E-state index is 4.67. The molecule has 4 nitrogen and oxygen atoms in total. The van der Waals surface area contributed by atoms with Crippen molar-refractivity contribution in [3.05, 3.63) is 103 Å². The highest BCUT2D eigenvalue weighted by molar-refractivity contribution is 5.73. The monoisotopic (exact) mass is 390 g/mol. The summed E-state index contributed by atoms with van der Waals surface area (Å²) in [5.41, 5.74) is 8.78. The van der Waals surface area contributed by atoms with Crippen LogP contribution in [0.5, 0.6) is 0 Å². The molecular formula is C26H22N4. The van der Waals surface area contributed by atoms with E-state index < -0.39 is 0 Å². The van der Waals surface area contributed by atoms with Crippen molar-refractivity contribution in [1.29, 1.82) is 0 Å². The second-order valence-electron chi connectivity index (χ2n) is 7.31. The van der Waals surface area contributed by atoms with Crippen molar-refractivity contribution in [1.82, 2.24) is 19.7 Å². The molecule has 3 heterocycles. The summed E-state index contributed by atoms with van der Waals surface area (Å²) < 4.78 is 2.13. The number of imidazole rings is 1. The van der Waals surface area contributed by atoms with Crippen molar-refractivity contribution in [2.24, 2.45) is 0 Å². The van der Waals surface area contributed by atoms with Gasteiger partial charge in [-0.3, -0.25) is 9.38 Å². The van der Waals surface area contributed by atoms with Gasteiger partial charge in [0.2, 0.25) is 0 Å². The Bertz CT molecular complexity index is 1310. The van der Waals surface area contributed by atoms with E-state index in [-0.39, 0.29) is 0 Å². The first-order valence-electron chi connectivity index (χ1n) is 10.0. The first-order valence-corrected chi connectivity index (χ1v) is 10.0. The summed E-state index contributed by atoms with van der Waals surface area (Å²) in [4.78, 5) is 9.21. The van der Waals surface area contributed by atoms with Gasteiger partial charge in [-0.2, -0.15) is 0 Å². The van der Waals surface area contributed by atoms with Crippen LogP contribution in [0.15, 0.2) is 97.5 Å². The van der Waals surface area contributed by atoms with Crippen molar-refractivity contribution in [2.45, 2.75) is 6.54 Å². The van der Waals surface area contributed by atoms with Crippen LogP contribution in [0.1, 0.15) is 5.56 Å². The lowest BCUT2D eigenvalue weighted by atomic mass is 10.0. The fourth-order valence-electron chi connectivity index (χ4n) is 3.80. The smallest absolute Gasteiger partial charge is 0.137 e. The minimum atomic E-state index is 0.857. The van der Waals surface area contributed by atoms with Gasteiger partial charge in [0.1, 0.15) is 5.65 Å². The number of fused-ring (bicyclic) bond motifs is 1. The summed E-state index contributed by atoms with van der Waals surface area (Å²) in [6.45, 7) is 0.857. The van der Waals surface area contributed by atoms with Gasteiger partial charge in [-0.05, 0) is 54.1 Å². The van der Waals surface area contributed by atoms with Gasteiger partial charge in [-0.25, -0.2) is 4.98 Å². The topological polar surface area (TPSA) is 42.2 Å². The van der Waals surface area contributed by atoms with Crippen LogP contribution in [0, 0.1) is 0 Å². The molecule has 30 heavy (non-hydrogen) atoms. The number of nitrogens with one attached hydrogen (secondary N) is 1. The molecular weight excluding hydrogens is 368 g/mol. The molecule has 0 saturated carbocycles. The summed E-state index contributed by atoms with van der Waals surface area (Å²) in [6.07, 6.45) is 5.89. The lowest BCUT2D eigenvalue weighted by Gasteiger charge is -2.08. The van der Waals surface area contributed by atoms with Gasteiger partial charge in [-0.15, -0.1) is 0 Å². The summed E-state index contributed by atoms with van der Waals surface area (Å²) in [6, 6.07) is 27.3. The molecule has 0 aliphatic carbocycles. The van der Waals surface area contributed by atoms with E-state index in [1.54, 1.807) is 0 Å². The Morgan fingerprint density at radius 2 is 1.60 bits per heavy atom. The van der Waals surface area contributed by atoms with Gasteiger partial charge < -0.3 is 5.32 Å². The Labute approximate surface area is 175 Å². The number of nitrogens with zero attached hydrogens (tertiary/aromatic N) is 3. The number of benzene rings is 2. The van der Waals surface area contributed by atoms with Crippen molar-refractivity contribution in [3.63, 3.8) is 0 Å². The zero-order chi connectivity index (χ0) is 20.3. The zero-order valence-corrected chi connectivity index (χ0v) is 16.8. The molecule has 2 aromatic carbocycles. The Morgan fingerprint density at radius 3 is 2.47 bits per heavy atom.